The van der Waals surface area contributed by atoms with Gasteiger partial charge >= 0.3 is 0 Å². The Bertz CT molecular complexity index is 159. The van der Waals surface area contributed by atoms with E-state index in [0.717, 1.165) is 0 Å². The first kappa shape index (κ1) is 24.9. The molecule has 0 heterocycles. The summed E-state index contributed by atoms with van der Waals surface area (Å²) in [5, 5.41) is 0. The molecule has 0 aromatic rings. The number of rotatable bonds is 15. The molecule has 136 valence electrons. The van der Waals surface area contributed by atoms with Gasteiger partial charge in [0.2, 0.25) is 0 Å². The monoisotopic (exact) mass is 349 g/mol. The lowest BCUT2D eigenvalue weighted by atomic mass is 10.2. The van der Waals surface area contributed by atoms with Gasteiger partial charge in [0.05, 0.1) is 0 Å². The highest BCUT2D eigenvalue weighted by Gasteiger charge is 1.98. The molecular formula is C19H43NS2. The highest BCUT2D eigenvalue weighted by Crippen LogP contribution is 2.07. The first-order chi connectivity index (χ1) is 10.7. The van der Waals surface area contributed by atoms with Gasteiger partial charge in [0.15, 0.2) is 0 Å². The molecule has 0 aromatic carbocycles. The van der Waals surface area contributed by atoms with Crippen LogP contribution in [0.4, 0.5) is 0 Å². The minimum Gasteiger partial charge on any atom is -0.306 e. The van der Waals surface area contributed by atoms with Gasteiger partial charge in [-0.25, -0.2) is 0 Å². The average molecular weight is 350 g/mol. The maximum atomic E-state index is 2.52. The molecule has 0 rings (SSSR count). The van der Waals surface area contributed by atoms with E-state index < -0.39 is 0 Å². The van der Waals surface area contributed by atoms with Gasteiger partial charge in [0.25, 0.3) is 0 Å². The van der Waals surface area contributed by atoms with E-state index in [2.05, 4.69) is 38.3 Å². The van der Waals surface area contributed by atoms with Crippen LogP contribution in [0, 0.1) is 0 Å². The van der Waals surface area contributed by atoms with Crippen molar-refractivity contribution in [2.75, 3.05) is 44.2 Å². The van der Waals surface area contributed by atoms with E-state index in [1.54, 1.807) is 0 Å². The Balaban J connectivity index is 0. The predicted molar refractivity (Wildman–Crippen MR) is 112 cm³/mol. The van der Waals surface area contributed by atoms with Crippen LogP contribution in [0.15, 0.2) is 0 Å². The van der Waals surface area contributed by atoms with Gasteiger partial charge in [-0.1, -0.05) is 52.4 Å². The summed E-state index contributed by atoms with van der Waals surface area (Å²) in [5.74, 6) is 2.68. The molecule has 0 aliphatic rings. The maximum absolute atomic E-state index is 2.52. The van der Waals surface area contributed by atoms with Crippen LogP contribution >= 0.6 is 23.5 Å². The van der Waals surface area contributed by atoms with E-state index in [4.69, 9.17) is 0 Å². The Labute approximate surface area is 150 Å². The Kier molecular flexibility index (Phi) is 27.1. The van der Waals surface area contributed by atoms with Crippen molar-refractivity contribution in [3.8, 4) is 0 Å². The molecule has 0 bridgehead atoms. The number of hydrogen-bond acceptors (Lipinski definition) is 3. The van der Waals surface area contributed by atoms with Crippen molar-refractivity contribution in [2.45, 2.75) is 78.1 Å². The van der Waals surface area contributed by atoms with Crippen LogP contribution < -0.4 is 0 Å². The molecule has 0 saturated heterocycles. The molecule has 0 aliphatic carbocycles. The quantitative estimate of drug-likeness (QED) is 0.308. The molecular weight excluding hydrogens is 306 g/mol. The van der Waals surface area contributed by atoms with Crippen LogP contribution in [-0.4, -0.2) is 49.1 Å². The third kappa shape index (κ3) is 25.6. The molecule has 0 fully saturated rings. The summed E-state index contributed by atoms with van der Waals surface area (Å²) in [5.41, 5.74) is 0. The molecule has 0 aliphatic heterocycles. The second-order valence-corrected chi connectivity index (χ2v) is 8.09. The van der Waals surface area contributed by atoms with Gasteiger partial charge in [-0.15, -0.1) is 0 Å². The number of unbranched alkanes of at least 4 members (excludes halogenated alkanes) is 7. The van der Waals surface area contributed by atoms with Crippen LogP contribution in [0.25, 0.3) is 0 Å². The van der Waals surface area contributed by atoms with Gasteiger partial charge in [-0.05, 0) is 69.8 Å². The minimum atomic E-state index is 1.30. The zero-order chi connectivity index (χ0) is 16.9. The molecule has 0 amide bonds. The second kappa shape index (κ2) is 23.9. The fraction of sp³-hybridized carbons (Fsp3) is 1.00. The second-order valence-electron chi connectivity index (χ2n) is 6.12. The van der Waals surface area contributed by atoms with Crippen LogP contribution in [0.2, 0.25) is 0 Å². The topological polar surface area (TPSA) is 3.24 Å². The zero-order valence-corrected chi connectivity index (χ0v) is 17.8. The smallest absolute Gasteiger partial charge is 0.00218 e. The Morgan fingerprint density at radius 2 is 0.955 bits per heavy atom. The van der Waals surface area contributed by atoms with Crippen LogP contribution in [0.5, 0.6) is 0 Å². The van der Waals surface area contributed by atoms with Crippen molar-refractivity contribution in [1.82, 2.24) is 4.90 Å². The molecule has 0 saturated carbocycles. The highest BCUT2D eigenvalue weighted by atomic mass is 32.2. The van der Waals surface area contributed by atoms with Crippen molar-refractivity contribution in [3.63, 3.8) is 0 Å². The van der Waals surface area contributed by atoms with E-state index in [9.17, 15) is 0 Å². The maximum Gasteiger partial charge on any atom is -0.00218 e. The summed E-state index contributed by atoms with van der Waals surface area (Å²) in [6.07, 6.45) is 18.3. The summed E-state index contributed by atoms with van der Waals surface area (Å²) in [4.78, 5) is 2.52. The van der Waals surface area contributed by atoms with E-state index >= 15 is 0 Å². The average Bonchev–Trinajstić information content (AvgIpc) is 2.54. The first-order valence-corrected chi connectivity index (χ1v) is 12.2. The van der Waals surface area contributed by atoms with Crippen LogP contribution in [0.3, 0.4) is 0 Å². The third-order valence-corrected chi connectivity index (χ3v) is 5.17. The normalized spacial score (nSPS) is 10.6. The van der Waals surface area contributed by atoms with Gasteiger partial charge in [-0.3, -0.25) is 0 Å². The zero-order valence-electron chi connectivity index (χ0n) is 16.2. The molecule has 1 nitrogen and oxygen atoms in total. The SMILES string of the molecule is CCCC.CSCCCCCCN(C)CCCCCCSC. The van der Waals surface area contributed by atoms with E-state index in [1.807, 2.05) is 23.5 Å². The van der Waals surface area contributed by atoms with Gasteiger partial charge < -0.3 is 4.90 Å². The Morgan fingerprint density at radius 1 is 0.591 bits per heavy atom. The van der Waals surface area contributed by atoms with E-state index in [1.165, 1.54) is 88.8 Å². The van der Waals surface area contributed by atoms with Crippen LogP contribution in [0.1, 0.15) is 78.1 Å². The number of thioether (sulfide) groups is 2. The lowest BCUT2D eigenvalue weighted by Gasteiger charge is -2.16. The third-order valence-electron chi connectivity index (χ3n) is 3.78. The lowest BCUT2D eigenvalue weighted by Crippen LogP contribution is -2.20. The molecule has 0 radical (unpaired) electrons. The summed E-state index contributed by atoms with van der Waals surface area (Å²) < 4.78 is 0. The fourth-order valence-corrected chi connectivity index (χ4v) is 3.06. The summed E-state index contributed by atoms with van der Waals surface area (Å²) in [6.45, 7) is 6.95. The molecule has 3 heteroatoms. The number of hydrogen-bond donors (Lipinski definition) is 0. The summed E-state index contributed by atoms with van der Waals surface area (Å²) >= 11 is 3.95. The van der Waals surface area contributed by atoms with Gasteiger partial charge in [0.1, 0.15) is 0 Å². The van der Waals surface area contributed by atoms with Crippen molar-refractivity contribution in [3.05, 3.63) is 0 Å². The molecule has 0 unspecified atom stereocenters. The molecule has 22 heavy (non-hydrogen) atoms. The molecule has 0 spiro atoms. The Morgan fingerprint density at radius 3 is 1.27 bits per heavy atom. The van der Waals surface area contributed by atoms with Crippen molar-refractivity contribution in [2.24, 2.45) is 0 Å². The fourth-order valence-electron chi connectivity index (χ4n) is 2.08. The predicted octanol–water partition coefficient (Wildman–Crippen LogP) is 6.57. The lowest BCUT2D eigenvalue weighted by molar-refractivity contribution is 0.315. The standard InChI is InChI=1S/C15H33NS2.C4H10/c1-16(12-8-4-6-10-14-17-2)13-9-5-7-11-15-18-3;1-3-4-2/h4-15H2,1-3H3;3-4H2,1-2H3. The van der Waals surface area contributed by atoms with Gasteiger partial charge in [-0.2, -0.15) is 23.5 Å². The first-order valence-electron chi connectivity index (χ1n) is 9.39. The summed E-state index contributed by atoms with van der Waals surface area (Å²) in [6, 6.07) is 0. The molecule has 0 aromatic heterocycles. The molecule has 0 N–H and O–H groups in total. The summed E-state index contributed by atoms with van der Waals surface area (Å²) in [7, 11) is 2.28. The van der Waals surface area contributed by atoms with E-state index in [-0.39, 0.29) is 0 Å². The molecule has 0 atom stereocenters. The highest BCUT2D eigenvalue weighted by molar-refractivity contribution is 7.98. The minimum absolute atomic E-state index is 1.30. The van der Waals surface area contributed by atoms with Gasteiger partial charge in [0, 0.05) is 0 Å². The largest absolute Gasteiger partial charge is 0.306 e. The van der Waals surface area contributed by atoms with Crippen molar-refractivity contribution >= 4 is 23.5 Å². The van der Waals surface area contributed by atoms with Crippen molar-refractivity contribution in [1.29, 1.82) is 0 Å². The van der Waals surface area contributed by atoms with E-state index in [0.29, 0.717) is 0 Å². The Hall–Kier alpha value is 0.660. The van der Waals surface area contributed by atoms with Crippen LogP contribution in [-0.2, 0) is 0 Å². The number of nitrogens with zero attached hydrogens (tertiary/aromatic N) is 1. The van der Waals surface area contributed by atoms with Crippen molar-refractivity contribution < 1.29 is 0 Å².